The molecule has 2 unspecified atom stereocenters. The second-order valence-corrected chi connectivity index (χ2v) is 8.95. The first kappa shape index (κ1) is 22.9. The first-order valence-corrected chi connectivity index (χ1v) is 11.5. The minimum atomic E-state index is -0.263. The number of nitriles is 1. The number of nitrogens with zero attached hydrogens (tertiary/aromatic N) is 2. The number of nitrogens with two attached hydrogens (primary N) is 1. The lowest BCUT2D eigenvalue weighted by Crippen LogP contribution is -2.28. The Bertz CT molecular complexity index is 1220. The second-order valence-electron chi connectivity index (χ2n) is 7.80. The molecule has 168 valence electrons. The molecule has 0 amide bonds. The first-order chi connectivity index (χ1) is 16.0. The Balaban J connectivity index is 1.60. The molecule has 2 aromatic carbocycles. The third-order valence-electron chi connectivity index (χ3n) is 5.35. The van der Waals surface area contributed by atoms with Gasteiger partial charge < -0.3 is 20.5 Å². The molecule has 33 heavy (non-hydrogen) atoms. The Morgan fingerprint density at radius 3 is 2.67 bits per heavy atom. The molecule has 1 aromatic heterocycles. The van der Waals surface area contributed by atoms with E-state index in [-0.39, 0.29) is 11.6 Å². The molecule has 1 aliphatic heterocycles. The lowest BCUT2D eigenvalue weighted by molar-refractivity contribution is 0.0496. The predicted molar refractivity (Wildman–Crippen MR) is 132 cm³/mol. The van der Waals surface area contributed by atoms with Gasteiger partial charge in [-0.3, -0.25) is 4.98 Å². The lowest BCUT2D eigenvalue weighted by atomic mass is 10.0. The number of ether oxygens (including phenoxy) is 2. The molecule has 0 aliphatic carbocycles. The van der Waals surface area contributed by atoms with Crippen LogP contribution in [-0.4, -0.2) is 17.6 Å². The van der Waals surface area contributed by atoms with Gasteiger partial charge in [0.15, 0.2) is 0 Å². The Hall–Kier alpha value is -3.31. The lowest BCUT2D eigenvalue weighted by Gasteiger charge is -2.16. The van der Waals surface area contributed by atoms with Gasteiger partial charge in [-0.15, -0.1) is 0 Å². The summed E-state index contributed by atoms with van der Waals surface area (Å²) >= 11 is 1.56. The van der Waals surface area contributed by atoms with Crippen molar-refractivity contribution in [3.05, 3.63) is 94.3 Å². The molecule has 4 rings (SSSR count). The molecule has 2 heterocycles. The fourth-order valence-corrected chi connectivity index (χ4v) is 4.64. The van der Waals surface area contributed by atoms with Crippen LogP contribution in [0, 0.1) is 18.3 Å². The summed E-state index contributed by atoms with van der Waals surface area (Å²) in [6.45, 7) is 4.46. The molecule has 7 heteroatoms. The van der Waals surface area contributed by atoms with Gasteiger partial charge in [-0.2, -0.15) is 5.26 Å². The van der Waals surface area contributed by atoms with Gasteiger partial charge in [0.2, 0.25) is 0 Å². The number of rotatable bonds is 7. The summed E-state index contributed by atoms with van der Waals surface area (Å²) in [6, 6.07) is 21.7. The summed E-state index contributed by atoms with van der Waals surface area (Å²) in [5.41, 5.74) is 12.3. The smallest absolute Gasteiger partial charge is 0.127 e. The summed E-state index contributed by atoms with van der Waals surface area (Å²) in [6.07, 6.45) is -0.190. The highest BCUT2D eigenvalue weighted by atomic mass is 32.2. The number of nitrogens with one attached hydrogen (secondary N) is 1. The average Bonchev–Trinajstić information content (AvgIpc) is 3.24. The Morgan fingerprint density at radius 1 is 1.15 bits per heavy atom. The number of hydrogen-bond acceptors (Lipinski definition) is 7. The zero-order chi connectivity index (χ0) is 23.4. The molecule has 3 aromatic rings. The van der Waals surface area contributed by atoms with Crippen LogP contribution < -0.4 is 15.8 Å². The van der Waals surface area contributed by atoms with Gasteiger partial charge in [0.05, 0.1) is 42.8 Å². The molecule has 3 N–H and O–H groups in total. The van der Waals surface area contributed by atoms with E-state index in [4.69, 9.17) is 20.2 Å². The molecule has 0 saturated carbocycles. The summed E-state index contributed by atoms with van der Waals surface area (Å²) in [7, 11) is 1.65. The van der Waals surface area contributed by atoms with E-state index in [1.807, 2.05) is 56.3 Å². The monoisotopic (exact) mass is 458 g/mol. The van der Waals surface area contributed by atoms with Crippen molar-refractivity contribution in [2.24, 2.45) is 5.73 Å². The van der Waals surface area contributed by atoms with Gasteiger partial charge >= 0.3 is 0 Å². The molecule has 0 radical (unpaired) electrons. The minimum Gasteiger partial charge on any atom is -0.497 e. The summed E-state index contributed by atoms with van der Waals surface area (Å²) < 4.78 is 11.3. The summed E-state index contributed by atoms with van der Waals surface area (Å²) in [5, 5.41) is 12.6. The van der Waals surface area contributed by atoms with Crippen molar-refractivity contribution in [3.63, 3.8) is 0 Å². The number of hydrogen-bond donors (Lipinski definition) is 2. The average molecular weight is 459 g/mol. The third kappa shape index (κ3) is 5.37. The number of thioether (sulfide) groups is 1. The molecule has 1 aliphatic rings. The van der Waals surface area contributed by atoms with Gasteiger partial charge in [-0.05, 0) is 61.4 Å². The van der Waals surface area contributed by atoms with Crippen molar-refractivity contribution < 1.29 is 9.47 Å². The quantitative estimate of drug-likeness (QED) is 0.517. The molecule has 2 atom stereocenters. The minimum absolute atomic E-state index is 0.190. The number of aryl methyl sites for hydroxylation is 1. The molecule has 0 spiro atoms. The normalized spacial score (nSPS) is 16.3. The summed E-state index contributed by atoms with van der Waals surface area (Å²) in [5.74, 6) is 0.821. The number of pyridine rings is 1. The number of methoxy groups -OCH3 is 1. The van der Waals surface area contributed by atoms with Crippen molar-refractivity contribution in [2.45, 2.75) is 32.1 Å². The largest absolute Gasteiger partial charge is 0.497 e. The predicted octanol–water partition coefficient (Wildman–Crippen LogP) is 4.95. The van der Waals surface area contributed by atoms with Crippen molar-refractivity contribution >= 4 is 22.4 Å². The van der Waals surface area contributed by atoms with Crippen LogP contribution in [0.2, 0.25) is 0 Å². The first-order valence-electron chi connectivity index (χ1n) is 10.6. The highest BCUT2D eigenvalue weighted by Crippen LogP contribution is 2.41. The fourth-order valence-electron chi connectivity index (χ4n) is 3.66. The third-order valence-corrected chi connectivity index (χ3v) is 6.40. The molecule has 6 nitrogen and oxygen atoms in total. The van der Waals surface area contributed by atoms with Crippen LogP contribution in [0.4, 0.5) is 0 Å². The van der Waals surface area contributed by atoms with Crippen LogP contribution in [0.3, 0.4) is 0 Å². The van der Waals surface area contributed by atoms with E-state index in [1.54, 1.807) is 24.9 Å². The van der Waals surface area contributed by atoms with Crippen LogP contribution in [0.15, 0.2) is 60.7 Å². The van der Waals surface area contributed by atoms with E-state index in [9.17, 15) is 5.26 Å². The van der Waals surface area contributed by atoms with Gasteiger partial charge in [-0.25, -0.2) is 0 Å². The fraction of sp³-hybridized carbons (Fsp3) is 0.231. The van der Waals surface area contributed by atoms with Crippen LogP contribution in [0.1, 0.15) is 46.7 Å². The Labute approximate surface area is 198 Å². The number of aromatic nitrogens is 1. The van der Waals surface area contributed by atoms with Crippen molar-refractivity contribution in [3.8, 4) is 11.8 Å². The summed E-state index contributed by atoms with van der Waals surface area (Å²) in [4.78, 5) is 5.75. The SMILES string of the molecule is COc1ccc(COC(C)c2cc(C3=C(c4cccc(C#N)c4)NC(N)S3)cc(C)n2)cc1. The van der Waals surface area contributed by atoms with Crippen LogP contribution >= 0.6 is 11.8 Å². The van der Waals surface area contributed by atoms with E-state index in [1.165, 1.54) is 0 Å². The zero-order valence-electron chi connectivity index (χ0n) is 18.8. The highest BCUT2D eigenvalue weighted by molar-refractivity contribution is 8.09. The van der Waals surface area contributed by atoms with E-state index < -0.39 is 0 Å². The van der Waals surface area contributed by atoms with E-state index in [0.717, 1.165) is 44.4 Å². The number of benzene rings is 2. The Morgan fingerprint density at radius 2 is 1.94 bits per heavy atom. The van der Waals surface area contributed by atoms with Crippen molar-refractivity contribution in [1.29, 1.82) is 5.26 Å². The molecule has 0 saturated heterocycles. The maximum atomic E-state index is 9.29. The van der Waals surface area contributed by atoms with Crippen molar-refractivity contribution in [1.82, 2.24) is 10.3 Å². The molecular weight excluding hydrogens is 432 g/mol. The highest BCUT2D eigenvalue weighted by Gasteiger charge is 2.25. The molecule has 0 bridgehead atoms. The van der Waals surface area contributed by atoms with E-state index in [0.29, 0.717) is 12.2 Å². The van der Waals surface area contributed by atoms with E-state index >= 15 is 0 Å². The molecule has 0 fully saturated rings. The van der Waals surface area contributed by atoms with Crippen LogP contribution in [-0.2, 0) is 11.3 Å². The Kier molecular flexibility index (Phi) is 6.99. The maximum absolute atomic E-state index is 9.29. The maximum Gasteiger partial charge on any atom is 0.127 e. The van der Waals surface area contributed by atoms with Gasteiger partial charge in [0.1, 0.15) is 11.2 Å². The van der Waals surface area contributed by atoms with Gasteiger partial charge in [0, 0.05) is 16.2 Å². The zero-order valence-corrected chi connectivity index (χ0v) is 19.6. The van der Waals surface area contributed by atoms with Gasteiger partial charge in [0.25, 0.3) is 0 Å². The van der Waals surface area contributed by atoms with Crippen LogP contribution in [0.5, 0.6) is 5.75 Å². The van der Waals surface area contributed by atoms with Crippen LogP contribution in [0.25, 0.3) is 10.6 Å². The standard InChI is InChI=1S/C26H26N4O2S/c1-16-11-21(25-24(30-26(28)33-25)20-6-4-5-19(12-20)14-27)13-23(29-16)17(2)32-15-18-7-9-22(31-3)10-8-18/h4-13,17,26,30H,15,28H2,1-3H3. The molecular formula is C26H26N4O2S. The van der Waals surface area contributed by atoms with Gasteiger partial charge in [-0.1, -0.05) is 36.0 Å². The van der Waals surface area contributed by atoms with Crippen molar-refractivity contribution in [2.75, 3.05) is 7.11 Å². The topological polar surface area (TPSA) is 93.2 Å². The second kappa shape index (κ2) is 10.1. The van der Waals surface area contributed by atoms with E-state index in [2.05, 4.69) is 23.5 Å².